The van der Waals surface area contributed by atoms with Crippen LogP contribution < -0.4 is 0 Å². The van der Waals surface area contributed by atoms with E-state index in [-0.39, 0.29) is 0 Å². The second-order valence-electron chi connectivity index (χ2n) is 4.55. The van der Waals surface area contributed by atoms with E-state index in [1.807, 2.05) is 49.4 Å². The van der Waals surface area contributed by atoms with Crippen molar-refractivity contribution in [1.29, 1.82) is 0 Å². The van der Waals surface area contributed by atoms with Gasteiger partial charge in [0.25, 0.3) is 0 Å². The number of hydrogen-bond acceptors (Lipinski definition) is 2. The van der Waals surface area contributed by atoms with Crippen molar-refractivity contribution >= 4 is 36.0 Å². The maximum absolute atomic E-state index is 12.6. The predicted molar refractivity (Wildman–Crippen MR) is 91.4 cm³/mol. The molecule has 0 spiro atoms. The lowest BCUT2D eigenvalue weighted by Crippen LogP contribution is -2.03. The number of hydrogen-bond donors (Lipinski definition) is 0. The first-order valence-electron chi connectivity index (χ1n) is 6.16. The minimum atomic E-state index is -3.43. The van der Waals surface area contributed by atoms with Gasteiger partial charge in [0, 0.05) is 3.58 Å². The molecule has 2 nitrogen and oxygen atoms in total. The number of sulfone groups is 1. The molecule has 104 valence electrons. The van der Waals surface area contributed by atoms with E-state index >= 15 is 0 Å². The Bertz CT molecular complexity index is 730. The third kappa shape index (κ3) is 3.12. The summed E-state index contributed by atoms with van der Waals surface area (Å²) in [7, 11) is -3.43. The van der Waals surface area contributed by atoms with E-state index < -0.39 is 9.84 Å². The number of halogens is 1. The minimum absolute atomic E-state index is 0.339. The van der Waals surface area contributed by atoms with Gasteiger partial charge in [-0.1, -0.05) is 48.0 Å². The van der Waals surface area contributed by atoms with E-state index in [2.05, 4.69) is 22.6 Å². The molecule has 20 heavy (non-hydrogen) atoms. The molecule has 0 atom stereocenters. The summed E-state index contributed by atoms with van der Waals surface area (Å²) < 4.78 is 25.9. The summed E-state index contributed by atoms with van der Waals surface area (Å²) >= 11 is 2.09. The Kier molecular flexibility index (Phi) is 4.65. The molecule has 0 aliphatic carbocycles. The van der Waals surface area contributed by atoms with Crippen molar-refractivity contribution in [2.45, 2.75) is 18.7 Å². The largest absolute Gasteiger partial charge is 0.219 e. The van der Waals surface area contributed by atoms with Gasteiger partial charge >= 0.3 is 0 Å². The lowest BCUT2D eigenvalue weighted by atomic mass is 10.2. The fraction of sp³-hybridized carbons (Fsp3) is 0.125. The molecular weight excluding hydrogens is 383 g/mol. The van der Waals surface area contributed by atoms with Gasteiger partial charge in [-0.2, -0.15) is 0 Å². The monoisotopic (exact) mass is 398 g/mol. The van der Waals surface area contributed by atoms with Crippen molar-refractivity contribution in [3.05, 3.63) is 70.6 Å². The number of allylic oxidation sites excluding steroid dienone is 1. The van der Waals surface area contributed by atoms with Crippen LogP contribution in [0.3, 0.4) is 0 Å². The van der Waals surface area contributed by atoms with Crippen LogP contribution >= 0.6 is 22.6 Å². The second-order valence-corrected chi connectivity index (χ2v) is 7.72. The standard InChI is InChI=1S/C16H15IO2S/c1-12-8-10-15(11-9-12)20(18,19)13(2)16(17)14-6-4-3-5-7-14/h3-11H,1-2H3/b16-13+. The van der Waals surface area contributed by atoms with Gasteiger partial charge in [-0.25, -0.2) is 8.42 Å². The van der Waals surface area contributed by atoms with E-state index in [9.17, 15) is 8.42 Å². The number of benzene rings is 2. The molecule has 2 rings (SSSR count). The van der Waals surface area contributed by atoms with Crippen LogP contribution in [0.15, 0.2) is 64.4 Å². The molecule has 4 heteroatoms. The van der Waals surface area contributed by atoms with Crippen molar-refractivity contribution in [2.24, 2.45) is 0 Å². The summed E-state index contributed by atoms with van der Waals surface area (Å²) in [5, 5.41) is 0. The Morgan fingerprint density at radius 2 is 1.50 bits per heavy atom. The SMILES string of the molecule is C/C(=C(\I)c1ccccc1)S(=O)(=O)c1ccc(C)cc1. The molecule has 0 fully saturated rings. The topological polar surface area (TPSA) is 34.1 Å². The molecule has 0 N–H and O–H groups in total. The quantitative estimate of drug-likeness (QED) is 0.709. The lowest BCUT2D eigenvalue weighted by Gasteiger charge is -2.09. The zero-order valence-corrected chi connectivity index (χ0v) is 14.3. The Morgan fingerprint density at radius 1 is 0.950 bits per heavy atom. The molecule has 0 aromatic heterocycles. The van der Waals surface area contributed by atoms with E-state index in [1.165, 1.54) is 0 Å². The highest BCUT2D eigenvalue weighted by Gasteiger charge is 2.20. The fourth-order valence-electron chi connectivity index (χ4n) is 1.80. The maximum Gasteiger partial charge on any atom is 0.203 e. The van der Waals surface area contributed by atoms with Gasteiger partial charge in [-0.05, 0) is 54.1 Å². The van der Waals surface area contributed by atoms with Crippen molar-refractivity contribution in [3.8, 4) is 0 Å². The highest BCUT2D eigenvalue weighted by atomic mass is 127. The molecule has 0 saturated carbocycles. The van der Waals surface area contributed by atoms with Gasteiger partial charge in [0.15, 0.2) is 0 Å². The molecule has 0 amide bonds. The van der Waals surface area contributed by atoms with Crippen molar-refractivity contribution in [1.82, 2.24) is 0 Å². The van der Waals surface area contributed by atoms with E-state index in [0.717, 1.165) is 14.7 Å². The zero-order chi connectivity index (χ0) is 14.8. The van der Waals surface area contributed by atoms with Gasteiger partial charge in [-0.3, -0.25) is 0 Å². The van der Waals surface area contributed by atoms with Crippen LogP contribution in [0.4, 0.5) is 0 Å². The second kappa shape index (κ2) is 6.10. The van der Waals surface area contributed by atoms with E-state index in [0.29, 0.717) is 9.80 Å². The van der Waals surface area contributed by atoms with Gasteiger partial charge in [0.2, 0.25) is 9.84 Å². The molecule has 2 aromatic rings. The first kappa shape index (κ1) is 15.3. The minimum Gasteiger partial charge on any atom is -0.219 e. The van der Waals surface area contributed by atoms with Crippen molar-refractivity contribution < 1.29 is 8.42 Å². The van der Waals surface area contributed by atoms with Crippen LogP contribution in [0.25, 0.3) is 3.58 Å². The molecule has 0 bridgehead atoms. The summed E-state index contributed by atoms with van der Waals surface area (Å²) in [6.45, 7) is 3.59. The Hall–Kier alpha value is -1.14. The van der Waals surface area contributed by atoms with Crippen LogP contribution in [-0.2, 0) is 9.84 Å². The summed E-state index contributed by atoms with van der Waals surface area (Å²) in [4.78, 5) is 0.721. The molecule has 0 saturated heterocycles. The maximum atomic E-state index is 12.6. The zero-order valence-electron chi connectivity index (χ0n) is 11.3. The van der Waals surface area contributed by atoms with Gasteiger partial charge in [0.1, 0.15) is 0 Å². The predicted octanol–water partition coefficient (Wildman–Crippen LogP) is 4.59. The van der Waals surface area contributed by atoms with E-state index in [1.54, 1.807) is 19.1 Å². The van der Waals surface area contributed by atoms with Gasteiger partial charge in [-0.15, -0.1) is 0 Å². The molecule has 0 aliphatic rings. The molecule has 0 aliphatic heterocycles. The average molecular weight is 398 g/mol. The third-order valence-electron chi connectivity index (χ3n) is 3.07. The highest BCUT2D eigenvalue weighted by Crippen LogP contribution is 2.31. The molecule has 2 aromatic carbocycles. The first-order valence-corrected chi connectivity index (χ1v) is 8.72. The third-order valence-corrected chi connectivity index (χ3v) is 6.77. The average Bonchev–Trinajstić information content (AvgIpc) is 2.47. The molecule has 0 heterocycles. The van der Waals surface area contributed by atoms with Crippen LogP contribution in [0.2, 0.25) is 0 Å². The Morgan fingerprint density at radius 3 is 2.05 bits per heavy atom. The smallest absolute Gasteiger partial charge is 0.203 e. The van der Waals surface area contributed by atoms with Crippen LogP contribution in [0.1, 0.15) is 18.1 Å². The summed E-state index contributed by atoms with van der Waals surface area (Å²) in [5.41, 5.74) is 1.96. The van der Waals surface area contributed by atoms with Gasteiger partial charge in [0.05, 0.1) is 9.80 Å². The highest BCUT2D eigenvalue weighted by molar-refractivity contribution is 14.1. The first-order chi connectivity index (χ1) is 9.43. The van der Waals surface area contributed by atoms with Crippen molar-refractivity contribution in [2.75, 3.05) is 0 Å². The van der Waals surface area contributed by atoms with Gasteiger partial charge < -0.3 is 0 Å². The summed E-state index contributed by atoms with van der Waals surface area (Å²) in [6.07, 6.45) is 0. The summed E-state index contributed by atoms with van der Waals surface area (Å²) in [5.74, 6) is 0. The molecule has 0 unspecified atom stereocenters. The van der Waals surface area contributed by atoms with Crippen LogP contribution in [0, 0.1) is 6.92 Å². The lowest BCUT2D eigenvalue weighted by molar-refractivity contribution is 0.602. The number of aryl methyl sites for hydroxylation is 1. The summed E-state index contributed by atoms with van der Waals surface area (Å²) in [6, 6.07) is 16.5. The molecule has 0 radical (unpaired) electrons. The van der Waals surface area contributed by atoms with Crippen LogP contribution in [-0.4, -0.2) is 8.42 Å². The van der Waals surface area contributed by atoms with Crippen molar-refractivity contribution in [3.63, 3.8) is 0 Å². The fourth-order valence-corrected chi connectivity index (χ4v) is 4.23. The van der Waals surface area contributed by atoms with Crippen LogP contribution in [0.5, 0.6) is 0 Å². The normalized spacial score (nSPS) is 12.9. The number of rotatable bonds is 3. The molecular formula is C16H15IO2S. The Balaban J connectivity index is 2.51. The Labute approximate surface area is 133 Å². The van der Waals surface area contributed by atoms with E-state index in [4.69, 9.17) is 0 Å².